The standard InChI is InChI=1S/C13H20N2O3/c1-7(2)17-9-5-10(14)12(13(15)16)11(6-9)18-8(3)4/h5-8H,14H2,1-4H3,(H2,15,16). The minimum absolute atomic E-state index is 0.00993. The van der Waals surface area contributed by atoms with Crippen LogP contribution in [0.1, 0.15) is 38.1 Å². The lowest BCUT2D eigenvalue weighted by atomic mass is 10.1. The Kier molecular flexibility index (Phi) is 4.42. The number of benzene rings is 1. The highest BCUT2D eigenvalue weighted by molar-refractivity contribution is 6.01. The fourth-order valence-corrected chi connectivity index (χ4v) is 1.56. The van der Waals surface area contributed by atoms with Crippen molar-refractivity contribution in [3.05, 3.63) is 17.7 Å². The summed E-state index contributed by atoms with van der Waals surface area (Å²) < 4.78 is 11.1. The molecule has 0 bridgehead atoms. The van der Waals surface area contributed by atoms with E-state index in [1.54, 1.807) is 12.1 Å². The Morgan fingerprint density at radius 3 is 2.11 bits per heavy atom. The summed E-state index contributed by atoms with van der Waals surface area (Å²) in [4.78, 5) is 11.4. The molecular weight excluding hydrogens is 232 g/mol. The highest BCUT2D eigenvalue weighted by Gasteiger charge is 2.17. The molecule has 0 aliphatic heterocycles. The van der Waals surface area contributed by atoms with Gasteiger partial charge in [0.2, 0.25) is 0 Å². The van der Waals surface area contributed by atoms with Gasteiger partial charge in [-0.3, -0.25) is 4.79 Å². The zero-order chi connectivity index (χ0) is 13.9. The Hall–Kier alpha value is -1.91. The van der Waals surface area contributed by atoms with Crippen molar-refractivity contribution in [3.63, 3.8) is 0 Å². The van der Waals surface area contributed by atoms with Crippen LogP contribution in [-0.4, -0.2) is 18.1 Å². The number of carbonyl (C=O) groups excluding carboxylic acids is 1. The maximum Gasteiger partial charge on any atom is 0.254 e. The maximum absolute atomic E-state index is 11.4. The average molecular weight is 252 g/mol. The molecule has 0 unspecified atom stereocenters. The van der Waals surface area contributed by atoms with E-state index >= 15 is 0 Å². The Bertz CT molecular complexity index is 442. The lowest BCUT2D eigenvalue weighted by Gasteiger charge is -2.17. The van der Waals surface area contributed by atoms with E-state index in [4.69, 9.17) is 20.9 Å². The van der Waals surface area contributed by atoms with Crippen molar-refractivity contribution < 1.29 is 14.3 Å². The molecule has 0 radical (unpaired) electrons. The third-order valence-electron chi connectivity index (χ3n) is 2.09. The number of primary amides is 1. The van der Waals surface area contributed by atoms with Crippen molar-refractivity contribution >= 4 is 11.6 Å². The van der Waals surface area contributed by atoms with E-state index in [0.717, 1.165) is 0 Å². The van der Waals surface area contributed by atoms with Crippen LogP contribution in [0.4, 0.5) is 5.69 Å². The van der Waals surface area contributed by atoms with Gasteiger partial charge in [0, 0.05) is 12.1 Å². The van der Waals surface area contributed by atoms with Gasteiger partial charge in [0.15, 0.2) is 0 Å². The number of hydrogen-bond donors (Lipinski definition) is 2. The Morgan fingerprint density at radius 2 is 1.67 bits per heavy atom. The first kappa shape index (κ1) is 14.2. The second-order valence-electron chi connectivity index (χ2n) is 4.58. The number of nitrogen functional groups attached to an aromatic ring is 1. The molecule has 0 spiro atoms. The van der Waals surface area contributed by atoms with Crippen LogP contribution in [0.25, 0.3) is 0 Å². The van der Waals surface area contributed by atoms with Crippen LogP contribution >= 0.6 is 0 Å². The number of ether oxygens (including phenoxy) is 2. The first-order valence-electron chi connectivity index (χ1n) is 5.88. The zero-order valence-electron chi connectivity index (χ0n) is 11.2. The number of nitrogens with two attached hydrogens (primary N) is 2. The van der Waals surface area contributed by atoms with E-state index in [0.29, 0.717) is 11.5 Å². The van der Waals surface area contributed by atoms with E-state index in [9.17, 15) is 4.79 Å². The maximum atomic E-state index is 11.4. The van der Waals surface area contributed by atoms with E-state index in [2.05, 4.69) is 0 Å². The largest absolute Gasteiger partial charge is 0.491 e. The fraction of sp³-hybridized carbons (Fsp3) is 0.462. The topological polar surface area (TPSA) is 87.6 Å². The van der Waals surface area contributed by atoms with E-state index in [-0.39, 0.29) is 23.5 Å². The molecule has 1 amide bonds. The number of carbonyl (C=O) groups is 1. The Labute approximate surface area is 107 Å². The number of amides is 1. The number of anilines is 1. The third kappa shape index (κ3) is 3.55. The van der Waals surface area contributed by atoms with Gasteiger partial charge >= 0.3 is 0 Å². The average Bonchev–Trinajstić information content (AvgIpc) is 2.12. The summed E-state index contributed by atoms with van der Waals surface area (Å²) in [5, 5.41) is 0. The summed E-state index contributed by atoms with van der Waals surface area (Å²) in [6.45, 7) is 7.52. The van der Waals surface area contributed by atoms with Gasteiger partial charge in [-0.25, -0.2) is 0 Å². The Balaban J connectivity index is 3.23. The van der Waals surface area contributed by atoms with Crippen molar-refractivity contribution in [2.45, 2.75) is 39.9 Å². The molecule has 1 rings (SSSR count). The molecule has 0 aliphatic carbocycles. The smallest absolute Gasteiger partial charge is 0.254 e. The quantitative estimate of drug-likeness (QED) is 0.784. The molecular formula is C13H20N2O3. The van der Waals surface area contributed by atoms with Gasteiger partial charge in [0.05, 0.1) is 17.9 Å². The van der Waals surface area contributed by atoms with Crippen molar-refractivity contribution in [1.29, 1.82) is 0 Å². The van der Waals surface area contributed by atoms with E-state index < -0.39 is 5.91 Å². The monoisotopic (exact) mass is 252 g/mol. The second kappa shape index (κ2) is 5.62. The summed E-state index contributed by atoms with van der Waals surface area (Å²) in [5.41, 5.74) is 11.6. The van der Waals surface area contributed by atoms with Gasteiger partial charge in [-0.1, -0.05) is 0 Å². The number of hydrogen-bond acceptors (Lipinski definition) is 4. The molecule has 0 aromatic heterocycles. The van der Waals surface area contributed by atoms with Gasteiger partial charge in [0.25, 0.3) is 5.91 Å². The highest BCUT2D eigenvalue weighted by atomic mass is 16.5. The third-order valence-corrected chi connectivity index (χ3v) is 2.09. The second-order valence-corrected chi connectivity index (χ2v) is 4.58. The molecule has 0 heterocycles. The summed E-state index contributed by atoms with van der Waals surface area (Å²) in [6.07, 6.45) is -0.0764. The zero-order valence-corrected chi connectivity index (χ0v) is 11.2. The highest BCUT2D eigenvalue weighted by Crippen LogP contribution is 2.31. The van der Waals surface area contributed by atoms with Crippen molar-refractivity contribution in [3.8, 4) is 11.5 Å². The summed E-state index contributed by atoms with van der Waals surface area (Å²) in [6, 6.07) is 3.21. The molecule has 100 valence electrons. The van der Waals surface area contributed by atoms with Crippen LogP contribution in [0, 0.1) is 0 Å². The molecule has 5 nitrogen and oxygen atoms in total. The van der Waals surface area contributed by atoms with E-state index in [1.165, 1.54) is 0 Å². The molecule has 4 N–H and O–H groups in total. The summed E-state index contributed by atoms with van der Waals surface area (Å²) >= 11 is 0. The lowest BCUT2D eigenvalue weighted by molar-refractivity contribution is 0.0995. The van der Waals surface area contributed by atoms with E-state index in [1.807, 2.05) is 27.7 Å². The summed E-state index contributed by atoms with van der Waals surface area (Å²) in [5.74, 6) is 0.301. The fourth-order valence-electron chi connectivity index (χ4n) is 1.56. The van der Waals surface area contributed by atoms with Gasteiger partial charge < -0.3 is 20.9 Å². The SMILES string of the molecule is CC(C)Oc1cc(N)c(C(N)=O)c(OC(C)C)c1. The first-order chi connectivity index (χ1) is 8.31. The normalized spacial score (nSPS) is 10.8. The minimum atomic E-state index is -0.612. The predicted octanol–water partition coefficient (Wildman–Crippen LogP) is 1.94. The van der Waals surface area contributed by atoms with Gasteiger partial charge in [-0.2, -0.15) is 0 Å². The Morgan fingerprint density at radius 1 is 1.11 bits per heavy atom. The first-order valence-corrected chi connectivity index (χ1v) is 5.88. The van der Waals surface area contributed by atoms with Gasteiger partial charge in [0.1, 0.15) is 17.1 Å². The van der Waals surface area contributed by atoms with Crippen LogP contribution in [-0.2, 0) is 0 Å². The van der Waals surface area contributed by atoms with Gasteiger partial charge in [-0.05, 0) is 27.7 Å². The van der Waals surface area contributed by atoms with Gasteiger partial charge in [-0.15, -0.1) is 0 Å². The predicted molar refractivity (Wildman–Crippen MR) is 70.9 cm³/mol. The molecule has 1 aromatic rings. The van der Waals surface area contributed by atoms with Crippen LogP contribution in [0.2, 0.25) is 0 Å². The molecule has 5 heteroatoms. The molecule has 0 atom stereocenters. The van der Waals surface area contributed by atoms with Crippen LogP contribution < -0.4 is 20.9 Å². The molecule has 1 aromatic carbocycles. The summed E-state index contributed by atoms with van der Waals surface area (Å²) in [7, 11) is 0. The van der Waals surface area contributed by atoms with Crippen molar-refractivity contribution in [2.75, 3.05) is 5.73 Å². The number of rotatable bonds is 5. The molecule has 0 fully saturated rings. The van der Waals surface area contributed by atoms with Crippen molar-refractivity contribution in [1.82, 2.24) is 0 Å². The molecule has 0 saturated heterocycles. The molecule has 0 saturated carbocycles. The van der Waals surface area contributed by atoms with Crippen LogP contribution in [0.5, 0.6) is 11.5 Å². The molecule has 18 heavy (non-hydrogen) atoms. The van der Waals surface area contributed by atoms with Crippen molar-refractivity contribution in [2.24, 2.45) is 5.73 Å². The minimum Gasteiger partial charge on any atom is -0.491 e. The van der Waals surface area contributed by atoms with Crippen LogP contribution in [0.15, 0.2) is 12.1 Å². The molecule has 0 aliphatic rings. The van der Waals surface area contributed by atoms with Crippen LogP contribution in [0.3, 0.4) is 0 Å². The lowest BCUT2D eigenvalue weighted by Crippen LogP contribution is -2.18.